The van der Waals surface area contributed by atoms with Crippen LogP contribution in [0.15, 0.2) is 0 Å². The van der Waals surface area contributed by atoms with E-state index in [-0.39, 0.29) is 24.3 Å². The van der Waals surface area contributed by atoms with Gasteiger partial charge in [-0.1, -0.05) is 19.3 Å². The fourth-order valence-corrected chi connectivity index (χ4v) is 3.74. The maximum atomic E-state index is 12.6. The Morgan fingerprint density at radius 3 is 2.83 bits per heavy atom. The van der Waals surface area contributed by atoms with E-state index in [0.717, 1.165) is 49.9 Å². The highest BCUT2D eigenvalue weighted by atomic mass is 16.2. The Morgan fingerprint density at radius 1 is 1.30 bits per heavy atom. The Labute approximate surface area is 135 Å². The molecule has 7 heteroatoms. The Bertz CT molecular complexity index is 577. The number of nitrogens with two attached hydrogens (primary N) is 1. The summed E-state index contributed by atoms with van der Waals surface area (Å²) in [5.41, 5.74) is 7.79. The second-order valence-electron chi connectivity index (χ2n) is 6.60. The van der Waals surface area contributed by atoms with Crippen molar-refractivity contribution in [2.75, 3.05) is 6.54 Å². The number of carbonyl (C=O) groups is 2. The van der Waals surface area contributed by atoms with E-state index >= 15 is 0 Å². The molecule has 1 atom stereocenters. The number of aromatic amines is 1. The van der Waals surface area contributed by atoms with Gasteiger partial charge in [0.25, 0.3) is 5.91 Å². The van der Waals surface area contributed by atoms with Crippen LogP contribution >= 0.6 is 0 Å². The van der Waals surface area contributed by atoms with Gasteiger partial charge in [-0.3, -0.25) is 14.7 Å². The molecular formula is C16H25N5O2. The molecule has 2 amide bonds. The third kappa shape index (κ3) is 3.72. The molecule has 1 fully saturated rings. The van der Waals surface area contributed by atoms with Gasteiger partial charge in [-0.25, -0.2) is 0 Å². The molecule has 0 aromatic carbocycles. The van der Waals surface area contributed by atoms with Gasteiger partial charge in [-0.05, 0) is 18.8 Å². The third-order valence-electron chi connectivity index (χ3n) is 4.98. The number of H-pyrrole nitrogens is 1. The number of fused-ring (bicyclic) bond motifs is 1. The number of aromatic nitrogens is 2. The minimum absolute atomic E-state index is 0.191. The molecule has 1 aromatic rings. The van der Waals surface area contributed by atoms with Crippen molar-refractivity contribution in [3.8, 4) is 0 Å². The lowest BCUT2D eigenvalue weighted by Crippen LogP contribution is -2.44. The van der Waals surface area contributed by atoms with Gasteiger partial charge in [0.15, 0.2) is 5.69 Å². The summed E-state index contributed by atoms with van der Waals surface area (Å²) >= 11 is 0. The molecule has 0 bridgehead atoms. The lowest BCUT2D eigenvalue weighted by Gasteiger charge is -2.30. The fourth-order valence-electron chi connectivity index (χ4n) is 3.74. The van der Waals surface area contributed by atoms with E-state index in [1.54, 1.807) is 0 Å². The molecule has 1 aliphatic carbocycles. The summed E-state index contributed by atoms with van der Waals surface area (Å²) in [5.74, 6) is -0.247. The lowest BCUT2D eigenvalue weighted by atomic mass is 9.82. The van der Waals surface area contributed by atoms with Crippen molar-refractivity contribution in [1.82, 2.24) is 20.8 Å². The van der Waals surface area contributed by atoms with Gasteiger partial charge in [0.2, 0.25) is 5.91 Å². The van der Waals surface area contributed by atoms with Crippen molar-refractivity contribution in [2.24, 2.45) is 11.7 Å². The second kappa shape index (κ2) is 7.12. The highest BCUT2D eigenvalue weighted by molar-refractivity contribution is 5.94. The van der Waals surface area contributed by atoms with Gasteiger partial charge in [-0.2, -0.15) is 5.10 Å². The van der Waals surface area contributed by atoms with Crippen LogP contribution in [0.5, 0.6) is 0 Å². The van der Waals surface area contributed by atoms with Crippen LogP contribution in [0.3, 0.4) is 0 Å². The zero-order chi connectivity index (χ0) is 16.2. The van der Waals surface area contributed by atoms with Crippen LogP contribution in [-0.2, 0) is 17.8 Å². The summed E-state index contributed by atoms with van der Waals surface area (Å²) < 4.78 is 0. The van der Waals surface area contributed by atoms with Gasteiger partial charge < -0.3 is 16.4 Å². The van der Waals surface area contributed by atoms with Gasteiger partial charge in [0.05, 0.1) is 0 Å². The molecule has 1 aliphatic heterocycles. The molecule has 1 aromatic heterocycles. The molecule has 3 rings (SSSR count). The first-order valence-electron chi connectivity index (χ1n) is 8.51. The molecule has 5 N–H and O–H groups in total. The minimum atomic E-state index is -0.369. The fraction of sp³-hybridized carbons (Fsp3) is 0.688. The average Bonchev–Trinajstić information content (AvgIpc) is 2.99. The molecule has 126 valence electrons. The normalized spacial score (nSPS) is 19.8. The highest BCUT2D eigenvalue weighted by Gasteiger charge is 2.29. The predicted molar refractivity (Wildman–Crippen MR) is 85.6 cm³/mol. The summed E-state index contributed by atoms with van der Waals surface area (Å²) in [5, 5.41) is 13.4. The van der Waals surface area contributed by atoms with Crippen LogP contribution in [0.4, 0.5) is 0 Å². The van der Waals surface area contributed by atoms with Crippen molar-refractivity contribution in [3.63, 3.8) is 0 Å². The quantitative estimate of drug-likeness (QED) is 0.637. The predicted octanol–water partition coefficient (Wildman–Crippen LogP) is 0.609. The van der Waals surface area contributed by atoms with E-state index < -0.39 is 0 Å². The average molecular weight is 319 g/mol. The molecule has 1 unspecified atom stereocenters. The first-order valence-corrected chi connectivity index (χ1v) is 8.51. The molecule has 1 saturated carbocycles. The van der Waals surface area contributed by atoms with Crippen molar-refractivity contribution in [1.29, 1.82) is 0 Å². The van der Waals surface area contributed by atoms with Crippen molar-refractivity contribution in [2.45, 2.75) is 57.5 Å². The largest absolute Gasteiger partial charge is 0.370 e. The van der Waals surface area contributed by atoms with Gasteiger partial charge in [0, 0.05) is 43.2 Å². The SMILES string of the molecule is NC(=O)CC(NC(=O)c1n[nH]c2c1CNCC2)C1CCCCC1. The van der Waals surface area contributed by atoms with Crippen LogP contribution < -0.4 is 16.4 Å². The Balaban J connectivity index is 1.72. The summed E-state index contributed by atoms with van der Waals surface area (Å²) in [6.07, 6.45) is 6.66. The molecule has 23 heavy (non-hydrogen) atoms. The van der Waals surface area contributed by atoms with Crippen LogP contribution in [0.2, 0.25) is 0 Å². The zero-order valence-electron chi connectivity index (χ0n) is 13.4. The Hall–Kier alpha value is -1.89. The van der Waals surface area contributed by atoms with Crippen molar-refractivity contribution in [3.05, 3.63) is 17.0 Å². The van der Waals surface area contributed by atoms with E-state index in [1.807, 2.05) is 0 Å². The number of carbonyl (C=O) groups excluding carboxylic acids is 2. The zero-order valence-corrected chi connectivity index (χ0v) is 13.4. The summed E-state index contributed by atoms with van der Waals surface area (Å²) in [7, 11) is 0. The maximum Gasteiger partial charge on any atom is 0.272 e. The number of nitrogens with one attached hydrogen (secondary N) is 3. The van der Waals surface area contributed by atoms with Gasteiger partial charge in [-0.15, -0.1) is 0 Å². The van der Waals surface area contributed by atoms with Crippen molar-refractivity contribution >= 4 is 11.8 Å². The molecule has 0 saturated heterocycles. The first-order chi connectivity index (χ1) is 11.1. The number of nitrogens with zero attached hydrogens (tertiary/aromatic N) is 1. The van der Waals surface area contributed by atoms with Crippen LogP contribution in [0.1, 0.15) is 60.3 Å². The second-order valence-corrected chi connectivity index (χ2v) is 6.60. The maximum absolute atomic E-state index is 12.6. The topological polar surface area (TPSA) is 113 Å². The molecule has 7 nitrogen and oxygen atoms in total. The summed E-state index contributed by atoms with van der Waals surface area (Å²) in [6, 6.07) is -0.191. The molecular weight excluding hydrogens is 294 g/mol. The number of amides is 2. The Morgan fingerprint density at radius 2 is 2.09 bits per heavy atom. The number of hydrogen-bond acceptors (Lipinski definition) is 4. The number of primary amides is 1. The minimum Gasteiger partial charge on any atom is -0.370 e. The smallest absolute Gasteiger partial charge is 0.272 e. The summed E-state index contributed by atoms with van der Waals surface area (Å²) in [4.78, 5) is 24.0. The van der Waals surface area contributed by atoms with E-state index in [0.29, 0.717) is 18.2 Å². The van der Waals surface area contributed by atoms with Crippen LogP contribution in [-0.4, -0.2) is 34.6 Å². The van der Waals surface area contributed by atoms with Crippen LogP contribution in [0, 0.1) is 5.92 Å². The number of rotatable bonds is 5. The molecule has 0 spiro atoms. The molecule has 0 radical (unpaired) electrons. The Kier molecular flexibility index (Phi) is 4.95. The molecule has 2 aliphatic rings. The van der Waals surface area contributed by atoms with Crippen LogP contribution in [0.25, 0.3) is 0 Å². The summed E-state index contributed by atoms with van der Waals surface area (Å²) in [6.45, 7) is 1.54. The van der Waals surface area contributed by atoms with E-state index in [1.165, 1.54) is 6.42 Å². The van der Waals surface area contributed by atoms with E-state index in [2.05, 4.69) is 20.8 Å². The lowest BCUT2D eigenvalue weighted by molar-refractivity contribution is -0.118. The standard InChI is InChI=1S/C16H25N5O2/c17-14(22)8-13(10-4-2-1-3-5-10)19-16(23)15-11-9-18-7-6-12(11)20-21-15/h10,13,18H,1-9H2,(H2,17,22)(H,19,23)(H,20,21). The number of hydrogen-bond donors (Lipinski definition) is 4. The third-order valence-corrected chi connectivity index (χ3v) is 4.98. The van der Waals surface area contributed by atoms with Gasteiger partial charge >= 0.3 is 0 Å². The monoisotopic (exact) mass is 319 g/mol. The van der Waals surface area contributed by atoms with E-state index in [4.69, 9.17) is 5.73 Å². The first kappa shape index (κ1) is 16.0. The van der Waals surface area contributed by atoms with Gasteiger partial charge in [0.1, 0.15) is 0 Å². The molecule has 2 heterocycles. The highest BCUT2D eigenvalue weighted by Crippen LogP contribution is 2.28. The van der Waals surface area contributed by atoms with Crippen molar-refractivity contribution < 1.29 is 9.59 Å². The van der Waals surface area contributed by atoms with E-state index in [9.17, 15) is 9.59 Å².